The van der Waals surface area contributed by atoms with E-state index in [0.717, 1.165) is 18.7 Å². The number of amides is 2. The van der Waals surface area contributed by atoms with Gasteiger partial charge in [-0.05, 0) is 19.3 Å². The average Bonchev–Trinajstić information content (AvgIpc) is 3.04. The summed E-state index contributed by atoms with van der Waals surface area (Å²) in [7, 11) is 0. The van der Waals surface area contributed by atoms with Crippen molar-refractivity contribution in [2.45, 2.75) is 53.1 Å². The van der Waals surface area contributed by atoms with E-state index in [2.05, 4.69) is 24.3 Å². The molecule has 0 bridgehead atoms. The Labute approximate surface area is 131 Å². The highest BCUT2D eigenvalue weighted by Gasteiger charge is 2.35. The van der Waals surface area contributed by atoms with Crippen molar-refractivity contribution in [2.75, 3.05) is 11.4 Å². The van der Waals surface area contributed by atoms with Crippen LogP contribution in [0.5, 0.6) is 0 Å². The third-order valence-corrected chi connectivity index (χ3v) is 3.98. The van der Waals surface area contributed by atoms with E-state index in [1.807, 2.05) is 24.7 Å². The minimum Gasteiger partial charge on any atom is -0.353 e. The first-order valence-corrected chi connectivity index (χ1v) is 8.03. The van der Waals surface area contributed by atoms with Crippen molar-refractivity contribution in [1.29, 1.82) is 0 Å². The Bertz CT molecular complexity index is 538. The first-order chi connectivity index (χ1) is 10.4. The van der Waals surface area contributed by atoms with Crippen LogP contribution in [0.25, 0.3) is 0 Å². The molecule has 0 spiro atoms. The van der Waals surface area contributed by atoms with Crippen LogP contribution in [0.4, 0.5) is 5.69 Å². The van der Waals surface area contributed by atoms with Crippen molar-refractivity contribution in [3.8, 4) is 0 Å². The van der Waals surface area contributed by atoms with E-state index in [1.54, 1.807) is 11.1 Å². The van der Waals surface area contributed by atoms with Crippen LogP contribution in [0.2, 0.25) is 0 Å². The molecule has 1 aromatic heterocycles. The molecule has 1 fully saturated rings. The molecule has 1 aliphatic rings. The van der Waals surface area contributed by atoms with Gasteiger partial charge in [0.1, 0.15) is 0 Å². The zero-order valence-electron chi connectivity index (χ0n) is 13.9. The highest BCUT2D eigenvalue weighted by molar-refractivity contribution is 6.00. The minimum atomic E-state index is -0.269. The third-order valence-electron chi connectivity index (χ3n) is 3.98. The second-order valence-electron chi connectivity index (χ2n) is 6.54. The Morgan fingerprint density at radius 3 is 2.82 bits per heavy atom. The summed E-state index contributed by atoms with van der Waals surface area (Å²) in [6.07, 6.45) is 4.75. The van der Waals surface area contributed by atoms with Crippen LogP contribution >= 0.6 is 0 Å². The average molecular weight is 306 g/mol. The second-order valence-corrected chi connectivity index (χ2v) is 6.54. The molecule has 1 saturated heterocycles. The van der Waals surface area contributed by atoms with Crippen molar-refractivity contribution >= 4 is 17.5 Å². The zero-order valence-corrected chi connectivity index (χ0v) is 13.9. The van der Waals surface area contributed by atoms with Gasteiger partial charge in [-0.25, -0.2) is 0 Å². The SMILES string of the molecule is CC[C@H](C)NC(=O)[C@H]1CC(=O)N(c2cnn(CC(C)C)c2)C1. The van der Waals surface area contributed by atoms with Crippen LogP contribution in [-0.4, -0.2) is 34.2 Å². The first kappa shape index (κ1) is 16.5. The first-order valence-electron chi connectivity index (χ1n) is 8.03. The summed E-state index contributed by atoms with van der Waals surface area (Å²) >= 11 is 0. The van der Waals surface area contributed by atoms with Gasteiger partial charge in [0.2, 0.25) is 11.8 Å². The molecule has 0 saturated carbocycles. The molecule has 1 N–H and O–H groups in total. The molecule has 0 radical (unpaired) electrons. The fourth-order valence-electron chi connectivity index (χ4n) is 2.56. The van der Waals surface area contributed by atoms with Gasteiger partial charge in [-0.1, -0.05) is 20.8 Å². The minimum absolute atomic E-state index is 0.00611. The summed E-state index contributed by atoms with van der Waals surface area (Å²) in [5, 5.41) is 7.25. The lowest BCUT2D eigenvalue weighted by molar-refractivity contribution is -0.126. The van der Waals surface area contributed by atoms with Crippen molar-refractivity contribution in [1.82, 2.24) is 15.1 Å². The van der Waals surface area contributed by atoms with Crippen LogP contribution < -0.4 is 10.2 Å². The lowest BCUT2D eigenvalue weighted by Gasteiger charge is -2.16. The van der Waals surface area contributed by atoms with Gasteiger partial charge in [-0.3, -0.25) is 14.3 Å². The lowest BCUT2D eigenvalue weighted by Crippen LogP contribution is -2.38. The van der Waals surface area contributed by atoms with Crippen molar-refractivity contribution in [2.24, 2.45) is 11.8 Å². The van der Waals surface area contributed by atoms with Crippen LogP contribution in [-0.2, 0) is 16.1 Å². The Kier molecular flexibility index (Phi) is 5.21. The number of carbonyl (C=O) groups excluding carboxylic acids is 2. The van der Waals surface area contributed by atoms with E-state index in [1.165, 1.54) is 0 Å². The van der Waals surface area contributed by atoms with Gasteiger partial charge in [-0.15, -0.1) is 0 Å². The standard InChI is InChI=1S/C16H26N4O2/c1-5-12(4)18-16(22)13-6-15(21)20(9-13)14-7-17-19(10-14)8-11(2)3/h7,10-13H,5-6,8-9H2,1-4H3,(H,18,22)/t12-,13-/m0/s1. The third kappa shape index (κ3) is 3.87. The number of rotatable bonds is 6. The number of carbonyl (C=O) groups is 2. The van der Waals surface area contributed by atoms with Crippen LogP contribution in [0.1, 0.15) is 40.5 Å². The highest BCUT2D eigenvalue weighted by atomic mass is 16.2. The van der Waals surface area contributed by atoms with Gasteiger partial charge < -0.3 is 10.2 Å². The van der Waals surface area contributed by atoms with Crippen molar-refractivity contribution in [3.05, 3.63) is 12.4 Å². The molecular weight excluding hydrogens is 280 g/mol. The van der Waals surface area contributed by atoms with Crippen LogP contribution in [0, 0.1) is 11.8 Å². The molecule has 2 rings (SSSR count). The molecular formula is C16H26N4O2. The highest BCUT2D eigenvalue weighted by Crippen LogP contribution is 2.25. The number of hydrogen-bond acceptors (Lipinski definition) is 3. The molecule has 2 heterocycles. The smallest absolute Gasteiger partial charge is 0.227 e. The maximum absolute atomic E-state index is 12.2. The molecule has 0 aromatic carbocycles. The molecule has 2 atom stereocenters. The van der Waals surface area contributed by atoms with E-state index in [4.69, 9.17) is 0 Å². The van der Waals surface area contributed by atoms with Gasteiger partial charge in [0, 0.05) is 31.7 Å². The van der Waals surface area contributed by atoms with E-state index >= 15 is 0 Å². The summed E-state index contributed by atoms with van der Waals surface area (Å²) in [6.45, 7) is 9.51. The van der Waals surface area contributed by atoms with Crippen molar-refractivity contribution in [3.63, 3.8) is 0 Å². The molecule has 1 aromatic rings. The summed E-state index contributed by atoms with van der Waals surface area (Å²) in [5.74, 6) is 0.194. The fraction of sp³-hybridized carbons (Fsp3) is 0.688. The molecule has 122 valence electrons. The summed E-state index contributed by atoms with van der Waals surface area (Å²) < 4.78 is 1.85. The summed E-state index contributed by atoms with van der Waals surface area (Å²) in [5.41, 5.74) is 0.782. The zero-order chi connectivity index (χ0) is 16.3. The Morgan fingerprint density at radius 1 is 1.45 bits per heavy atom. The van der Waals surface area contributed by atoms with E-state index in [-0.39, 0.29) is 30.2 Å². The van der Waals surface area contributed by atoms with E-state index < -0.39 is 0 Å². The van der Waals surface area contributed by atoms with Crippen LogP contribution in [0.3, 0.4) is 0 Å². The Balaban J connectivity index is 2.00. The van der Waals surface area contributed by atoms with Crippen LogP contribution in [0.15, 0.2) is 12.4 Å². The maximum atomic E-state index is 12.2. The topological polar surface area (TPSA) is 67.2 Å². The van der Waals surface area contributed by atoms with Gasteiger partial charge in [0.25, 0.3) is 0 Å². The van der Waals surface area contributed by atoms with Crippen molar-refractivity contribution < 1.29 is 9.59 Å². The largest absolute Gasteiger partial charge is 0.353 e. The molecule has 0 unspecified atom stereocenters. The Morgan fingerprint density at radius 2 is 2.18 bits per heavy atom. The van der Waals surface area contributed by atoms with Gasteiger partial charge in [0.05, 0.1) is 17.8 Å². The molecule has 2 amide bonds. The summed E-state index contributed by atoms with van der Waals surface area (Å²) in [4.78, 5) is 26.0. The summed E-state index contributed by atoms with van der Waals surface area (Å²) in [6, 6.07) is 0.144. The quantitative estimate of drug-likeness (QED) is 0.871. The van der Waals surface area contributed by atoms with Gasteiger partial charge >= 0.3 is 0 Å². The predicted molar refractivity (Wildman–Crippen MR) is 85.4 cm³/mol. The molecule has 1 aliphatic heterocycles. The monoisotopic (exact) mass is 306 g/mol. The molecule has 0 aliphatic carbocycles. The van der Waals surface area contributed by atoms with E-state index in [0.29, 0.717) is 12.5 Å². The number of hydrogen-bond donors (Lipinski definition) is 1. The number of nitrogens with one attached hydrogen (secondary N) is 1. The maximum Gasteiger partial charge on any atom is 0.227 e. The predicted octanol–water partition coefficient (Wildman–Crippen LogP) is 1.81. The Hall–Kier alpha value is -1.85. The van der Waals surface area contributed by atoms with Gasteiger partial charge in [0.15, 0.2) is 0 Å². The molecule has 22 heavy (non-hydrogen) atoms. The lowest BCUT2D eigenvalue weighted by atomic mass is 10.1. The van der Waals surface area contributed by atoms with E-state index in [9.17, 15) is 9.59 Å². The van der Waals surface area contributed by atoms with Gasteiger partial charge in [-0.2, -0.15) is 5.10 Å². The normalized spacial score (nSPS) is 19.8. The second kappa shape index (κ2) is 6.94. The number of nitrogens with zero attached hydrogens (tertiary/aromatic N) is 3. The molecule has 6 nitrogen and oxygen atoms in total. The molecule has 6 heteroatoms. The fourth-order valence-corrected chi connectivity index (χ4v) is 2.56. The number of anilines is 1. The number of aromatic nitrogens is 2.